The van der Waals surface area contributed by atoms with Gasteiger partial charge in [-0.3, -0.25) is 9.59 Å². The highest BCUT2D eigenvalue weighted by Crippen LogP contribution is 2.36. The van der Waals surface area contributed by atoms with Gasteiger partial charge in [-0.1, -0.05) is 54.6 Å². The highest BCUT2D eigenvalue weighted by atomic mass is 16.5. The highest BCUT2D eigenvalue weighted by Gasteiger charge is 2.23. The summed E-state index contributed by atoms with van der Waals surface area (Å²) in [4.78, 5) is 26.6. The lowest BCUT2D eigenvalue weighted by Crippen LogP contribution is -2.32. The maximum atomic E-state index is 13.5. The van der Waals surface area contributed by atoms with Crippen LogP contribution in [0.25, 0.3) is 21.9 Å². The second-order valence-electron chi connectivity index (χ2n) is 7.33. The molecule has 1 aromatic heterocycles. The maximum Gasteiger partial charge on any atom is 0.268 e. The molecule has 3 aromatic carbocycles. The van der Waals surface area contributed by atoms with E-state index in [2.05, 4.69) is 5.32 Å². The molecule has 0 aliphatic carbocycles. The number of carbonyl (C=O) groups is 1. The van der Waals surface area contributed by atoms with Crippen LogP contribution in [0.4, 0.5) is 0 Å². The van der Waals surface area contributed by atoms with Crippen molar-refractivity contribution in [3.63, 3.8) is 0 Å². The second kappa shape index (κ2) is 8.98. The number of nitrogens with one attached hydrogen (secondary N) is 1. The summed E-state index contributed by atoms with van der Waals surface area (Å²) >= 11 is 0. The van der Waals surface area contributed by atoms with E-state index in [9.17, 15) is 9.59 Å². The summed E-state index contributed by atoms with van der Waals surface area (Å²) in [5.41, 5.74) is 2.27. The number of aromatic nitrogens is 1. The Balaban J connectivity index is 1.89. The molecule has 0 fully saturated rings. The molecule has 6 heteroatoms. The second-order valence-corrected chi connectivity index (χ2v) is 7.33. The summed E-state index contributed by atoms with van der Waals surface area (Å²) in [6, 6.07) is 22.3. The first-order valence-corrected chi connectivity index (χ1v) is 10.2. The predicted molar refractivity (Wildman–Crippen MR) is 125 cm³/mol. The molecule has 162 valence electrons. The molecule has 4 aromatic rings. The van der Waals surface area contributed by atoms with Gasteiger partial charge in [-0.2, -0.15) is 0 Å². The molecule has 1 heterocycles. The summed E-state index contributed by atoms with van der Waals surface area (Å²) in [6.07, 6.45) is 0. The number of pyridine rings is 1. The molecule has 1 N–H and O–H groups in total. The fourth-order valence-corrected chi connectivity index (χ4v) is 3.96. The van der Waals surface area contributed by atoms with Crippen LogP contribution >= 0.6 is 0 Å². The molecular formula is C26H24N2O4. The van der Waals surface area contributed by atoms with Crippen molar-refractivity contribution in [1.29, 1.82) is 0 Å². The van der Waals surface area contributed by atoms with Crippen molar-refractivity contribution in [2.24, 2.45) is 7.05 Å². The van der Waals surface area contributed by atoms with Crippen LogP contribution in [0.2, 0.25) is 0 Å². The minimum absolute atomic E-state index is 0.235. The molecule has 0 spiro atoms. The number of fused-ring (bicyclic) bond motifs is 1. The molecule has 0 unspecified atom stereocenters. The zero-order valence-corrected chi connectivity index (χ0v) is 18.2. The third kappa shape index (κ3) is 3.71. The van der Waals surface area contributed by atoms with E-state index in [4.69, 9.17) is 9.47 Å². The van der Waals surface area contributed by atoms with Gasteiger partial charge < -0.3 is 19.4 Å². The SMILES string of the molecule is COc1ccccc1CNC(=O)c1c(-c2ccccc2OC)c2ccccc2c(=O)n1C. The Morgan fingerprint density at radius 2 is 1.44 bits per heavy atom. The quantitative estimate of drug-likeness (QED) is 0.501. The Bertz CT molecular complexity index is 1360. The van der Waals surface area contributed by atoms with E-state index >= 15 is 0 Å². The van der Waals surface area contributed by atoms with Gasteiger partial charge in [-0.25, -0.2) is 0 Å². The molecular weight excluding hydrogens is 404 g/mol. The Morgan fingerprint density at radius 3 is 2.16 bits per heavy atom. The zero-order valence-electron chi connectivity index (χ0n) is 18.2. The molecule has 0 saturated carbocycles. The van der Waals surface area contributed by atoms with Crippen LogP contribution < -0.4 is 20.3 Å². The summed E-state index contributed by atoms with van der Waals surface area (Å²) in [7, 11) is 4.80. The molecule has 1 amide bonds. The monoisotopic (exact) mass is 428 g/mol. The average molecular weight is 428 g/mol. The standard InChI is InChI=1S/C26H24N2O4/c1-28-24(25(29)27-16-17-10-4-8-14-21(17)31-2)23(20-13-7-9-15-22(20)32-3)18-11-5-6-12-19(18)26(28)30/h4-15H,16H2,1-3H3,(H,27,29). The van der Waals surface area contributed by atoms with Crippen LogP contribution in [0.3, 0.4) is 0 Å². The lowest BCUT2D eigenvalue weighted by molar-refractivity contribution is 0.0942. The summed E-state index contributed by atoms with van der Waals surface area (Å²) in [5, 5.41) is 4.19. The van der Waals surface area contributed by atoms with Gasteiger partial charge in [0.1, 0.15) is 17.2 Å². The Kier molecular flexibility index (Phi) is 5.94. The maximum absolute atomic E-state index is 13.5. The first-order chi connectivity index (χ1) is 15.6. The third-order valence-electron chi connectivity index (χ3n) is 5.53. The number of hydrogen-bond acceptors (Lipinski definition) is 4. The number of nitrogens with zero attached hydrogens (tertiary/aromatic N) is 1. The molecule has 0 atom stereocenters. The van der Waals surface area contributed by atoms with E-state index in [1.165, 1.54) is 4.57 Å². The van der Waals surface area contributed by atoms with Gasteiger partial charge in [0.05, 0.1) is 14.2 Å². The van der Waals surface area contributed by atoms with Crippen LogP contribution in [-0.4, -0.2) is 24.7 Å². The van der Waals surface area contributed by atoms with Crippen molar-refractivity contribution < 1.29 is 14.3 Å². The smallest absolute Gasteiger partial charge is 0.268 e. The summed E-state index contributed by atoms with van der Waals surface area (Å²) < 4.78 is 12.4. The number of ether oxygens (including phenoxy) is 2. The van der Waals surface area contributed by atoms with Crippen LogP contribution in [0.15, 0.2) is 77.6 Å². The molecule has 32 heavy (non-hydrogen) atoms. The van der Waals surface area contributed by atoms with Crippen LogP contribution in [-0.2, 0) is 13.6 Å². The molecule has 0 aliphatic rings. The Labute approximate surface area is 186 Å². The highest BCUT2D eigenvalue weighted by molar-refractivity contribution is 6.09. The minimum atomic E-state index is -0.359. The van der Waals surface area contributed by atoms with Gasteiger partial charge in [-0.15, -0.1) is 0 Å². The number of hydrogen-bond donors (Lipinski definition) is 1. The van der Waals surface area contributed by atoms with Gasteiger partial charge >= 0.3 is 0 Å². The molecule has 6 nitrogen and oxygen atoms in total. The largest absolute Gasteiger partial charge is 0.496 e. The van der Waals surface area contributed by atoms with Crippen LogP contribution in [0, 0.1) is 0 Å². The number of methoxy groups -OCH3 is 2. The first kappa shape index (κ1) is 21.2. The predicted octanol–water partition coefficient (Wildman–Crippen LogP) is 4.15. The lowest BCUT2D eigenvalue weighted by Gasteiger charge is -2.19. The topological polar surface area (TPSA) is 69.6 Å². The van der Waals surface area contributed by atoms with E-state index in [1.807, 2.05) is 66.7 Å². The molecule has 0 aliphatic heterocycles. The van der Waals surface area contributed by atoms with E-state index in [-0.39, 0.29) is 23.7 Å². The van der Waals surface area contributed by atoms with Crippen molar-refractivity contribution in [3.8, 4) is 22.6 Å². The van der Waals surface area contributed by atoms with Gasteiger partial charge in [0, 0.05) is 35.7 Å². The summed E-state index contributed by atoms with van der Waals surface area (Å²) in [6.45, 7) is 0.259. The van der Waals surface area contributed by atoms with Gasteiger partial charge in [0.15, 0.2) is 0 Å². The van der Waals surface area contributed by atoms with Crippen molar-refractivity contribution >= 4 is 16.7 Å². The number of carbonyl (C=O) groups excluding carboxylic acids is 1. The van der Waals surface area contributed by atoms with Crippen LogP contribution in [0.5, 0.6) is 11.5 Å². The molecule has 0 bridgehead atoms. The number of benzene rings is 3. The van der Waals surface area contributed by atoms with Crippen molar-refractivity contribution in [1.82, 2.24) is 9.88 Å². The fourth-order valence-electron chi connectivity index (χ4n) is 3.96. The lowest BCUT2D eigenvalue weighted by atomic mass is 9.95. The van der Waals surface area contributed by atoms with E-state index in [0.717, 1.165) is 11.1 Å². The van der Waals surface area contributed by atoms with Crippen molar-refractivity contribution in [3.05, 3.63) is 94.4 Å². The molecule has 4 rings (SSSR count). The van der Waals surface area contributed by atoms with E-state index in [1.54, 1.807) is 27.3 Å². The van der Waals surface area contributed by atoms with Gasteiger partial charge in [-0.05, 0) is 23.6 Å². The average Bonchev–Trinajstić information content (AvgIpc) is 2.84. The number of para-hydroxylation sites is 2. The Hall–Kier alpha value is -4.06. The normalized spacial score (nSPS) is 10.7. The van der Waals surface area contributed by atoms with Crippen molar-refractivity contribution in [2.75, 3.05) is 14.2 Å². The minimum Gasteiger partial charge on any atom is -0.496 e. The fraction of sp³-hybridized carbons (Fsp3) is 0.154. The summed E-state index contributed by atoms with van der Waals surface area (Å²) in [5.74, 6) is 0.947. The number of rotatable bonds is 6. The molecule has 0 radical (unpaired) electrons. The van der Waals surface area contributed by atoms with E-state index < -0.39 is 0 Å². The van der Waals surface area contributed by atoms with E-state index in [0.29, 0.717) is 27.8 Å². The Morgan fingerprint density at radius 1 is 0.844 bits per heavy atom. The van der Waals surface area contributed by atoms with Crippen molar-refractivity contribution in [2.45, 2.75) is 6.54 Å². The van der Waals surface area contributed by atoms with Crippen LogP contribution in [0.1, 0.15) is 16.1 Å². The van der Waals surface area contributed by atoms with Gasteiger partial charge in [0.2, 0.25) is 0 Å². The number of amides is 1. The zero-order chi connectivity index (χ0) is 22.7. The third-order valence-corrected chi connectivity index (χ3v) is 5.53. The first-order valence-electron chi connectivity index (χ1n) is 10.2. The molecule has 0 saturated heterocycles. The van der Waals surface area contributed by atoms with Gasteiger partial charge in [0.25, 0.3) is 11.5 Å².